The van der Waals surface area contributed by atoms with Gasteiger partial charge in [0.15, 0.2) is 0 Å². The largest absolute Gasteiger partial charge is 0.399 e. The molecule has 1 aromatic carbocycles. The predicted octanol–water partition coefficient (Wildman–Crippen LogP) is 0.602. The second-order valence-electron chi connectivity index (χ2n) is 5.17. The highest BCUT2D eigenvalue weighted by atomic mass is 16.1. The summed E-state index contributed by atoms with van der Waals surface area (Å²) in [5.74, 6) is -0.982. The Labute approximate surface area is 117 Å². The van der Waals surface area contributed by atoms with Gasteiger partial charge in [-0.1, -0.05) is 12.8 Å². The van der Waals surface area contributed by atoms with Gasteiger partial charge in [-0.05, 0) is 31.0 Å². The van der Waals surface area contributed by atoms with Crippen LogP contribution in [0.25, 0.3) is 0 Å². The van der Waals surface area contributed by atoms with Gasteiger partial charge in [-0.3, -0.25) is 9.59 Å². The Balaban J connectivity index is 2.41. The Morgan fingerprint density at radius 3 is 2.40 bits per heavy atom. The summed E-state index contributed by atoms with van der Waals surface area (Å²) < 4.78 is 0. The van der Waals surface area contributed by atoms with E-state index in [1.807, 2.05) is 4.90 Å². The number of carbonyl (C=O) groups is 2. The number of hydrogen-bond donors (Lipinski definition) is 3. The minimum Gasteiger partial charge on any atom is -0.399 e. The maximum Gasteiger partial charge on any atom is 0.250 e. The first kappa shape index (κ1) is 14.2. The molecule has 6 heteroatoms. The average molecular weight is 276 g/mol. The molecule has 2 rings (SSSR count). The van der Waals surface area contributed by atoms with Crippen LogP contribution >= 0.6 is 0 Å². The molecule has 0 spiro atoms. The molecular weight excluding hydrogens is 256 g/mol. The van der Waals surface area contributed by atoms with Crippen molar-refractivity contribution in [2.24, 2.45) is 11.5 Å². The van der Waals surface area contributed by atoms with Crippen molar-refractivity contribution in [1.82, 2.24) is 0 Å². The number of nitrogens with zero attached hydrogens (tertiary/aromatic N) is 1. The highest BCUT2D eigenvalue weighted by Gasteiger charge is 2.26. The molecule has 20 heavy (non-hydrogen) atoms. The lowest BCUT2D eigenvalue weighted by Gasteiger charge is -2.31. The topological polar surface area (TPSA) is 115 Å². The first-order valence-electron chi connectivity index (χ1n) is 6.73. The first-order valence-corrected chi connectivity index (χ1v) is 6.73. The zero-order valence-corrected chi connectivity index (χ0v) is 11.3. The van der Waals surface area contributed by atoms with Gasteiger partial charge in [0.2, 0.25) is 5.91 Å². The Bertz CT molecular complexity index is 524. The van der Waals surface area contributed by atoms with Crippen molar-refractivity contribution in [3.05, 3.63) is 23.8 Å². The second-order valence-corrected chi connectivity index (χ2v) is 5.17. The summed E-state index contributed by atoms with van der Waals surface area (Å²) in [5.41, 5.74) is 17.9. The molecule has 0 saturated heterocycles. The smallest absolute Gasteiger partial charge is 0.250 e. The SMILES string of the molecule is NC(=O)CN(c1ccc(N)cc1C(N)=O)C1CCCC1. The van der Waals surface area contributed by atoms with E-state index in [9.17, 15) is 9.59 Å². The predicted molar refractivity (Wildman–Crippen MR) is 78.2 cm³/mol. The summed E-state index contributed by atoms with van der Waals surface area (Å²) in [6, 6.07) is 5.19. The summed E-state index contributed by atoms with van der Waals surface area (Å²) >= 11 is 0. The third-order valence-electron chi connectivity index (χ3n) is 3.69. The standard InChI is InChI=1S/C14H20N4O2/c15-9-5-6-12(11(7-9)14(17)20)18(8-13(16)19)10-3-1-2-4-10/h5-7,10H,1-4,8,15H2,(H2,16,19)(H2,17,20). The van der Waals surface area contributed by atoms with Crippen LogP contribution in [-0.2, 0) is 4.79 Å². The van der Waals surface area contributed by atoms with Crippen LogP contribution in [0.1, 0.15) is 36.0 Å². The van der Waals surface area contributed by atoms with Crippen LogP contribution in [0, 0.1) is 0 Å². The zero-order valence-electron chi connectivity index (χ0n) is 11.3. The molecule has 0 aliphatic heterocycles. The molecule has 1 fully saturated rings. The molecular formula is C14H20N4O2. The third kappa shape index (κ3) is 3.01. The number of hydrogen-bond acceptors (Lipinski definition) is 4. The van der Waals surface area contributed by atoms with Crippen molar-refractivity contribution in [3.63, 3.8) is 0 Å². The molecule has 0 heterocycles. The molecule has 6 N–H and O–H groups in total. The van der Waals surface area contributed by atoms with Crippen molar-refractivity contribution >= 4 is 23.2 Å². The van der Waals surface area contributed by atoms with Gasteiger partial charge in [-0.15, -0.1) is 0 Å². The molecule has 1 aromatic rings. The number of rotatable bonds is 5. The summed E-state index contributed by atoms with van der Waals surface area (Å²) in [5, 5.41) is 0. The number of benzene rings is 1. The van der Waals surface area contributed by atoms with Gasteiger partial charge in [0.1, 0.15) is 0 Å². The van der Waals surface area contributed by atoms with Crippen LogP contribution in [0.15, 0.2) is 18.2 Å². The normalized spacial score (nSPS) is 15.2. The first-order chi connectivity index (χ1) is 9.49. The lowest BCUT2D eigenvalue weighted by molar-refractivity contribution is -0.116. The fraction of sp³-hybridized carbons (Fsp3) is 0.429. The van der Waals surface area contributed by atoms with Gasteiger partial charge in [-0.2, -0.15) is 0 Å². The molecule has 1 aliphatic rings. The highest BCUT2D eigenvalue weighted by molar-refractivity contribution is 6.00. The molecule has 0 aromatic heterocycles. The number of primary amides is 2. The second kappa shape index (κ2) is 5.81. The zero-order chi connectivity index (χ0) is 14.7. The van der Waals surface area contributed by atoms with E-state index in [1.165, 1.54) is 0 Å². The highest BCUT2D eigenvalue weighted by Crippen LogP contribution is 2.31. The summed E-state index contributed by atoms with van der Waals surface area (Å²) in [6.07, 6.45) is 4.19. The van der Waals surface area contributed by atoms with Crippen LogP contribution in [0.5, 0.6) is 0 Å². The molecule has 0 radical (unpaired) electrons. The molecule has 108 valence electrons. The van der Waals surface area contributed by atoms with Crippen LogP contribution in [0.4, 0.5) is 11.4 Å². The molecule has 2 amide bonds. The van der Waals surface area contributed by atoms with Crippen molar-refractivity contribution < 1.29 is 9.59 Å². The maximum absolute atomic E-state index is 11.6. The van der Waals surface area contributed by atoms with Crippen LogP contribution < -0.4 is 22.1 Å². The van der Waals surface area contributed by atoms with Gasteiger partial charge in [-0.25, -0.2) is 0 Å². The van der Waals surface area contributed by atoms with Crippen LogP contribution in [0.3, 0.4) is 0 Å². The van der Waals surface area contributed by atoms with E-state index >= 15 is 0 Å². The molecule has 0 unspecified atom stereocenters. The Morgan fingerprint density at radius 1 is 1.20 bits per heavy atom. The fourth-order valence-electron chi connectivity index (χ4n) is 2.80. The Hall–Kier alpha value is -2.24. The van der Waals surface area contributed by atoms with E-state index in [0.717, 1.165) is 25.7 Å². The maximum atomic E-state index is 11.6. The van der Waals surface area contributed by atoms with E-state index < -0.39 is 11.8 Å². The van der Waals surface area contributed by atoms with Gasteiger partial charge in [0.25, 0.3) is 5.91 Å². The van der Waals surface area contributed by atoms with Crippen molar-refractivity contribution in [2.45, 2.75) is 31.7 Å². The molecule has 0 bridgehead atoms. The number of nitrogen functional groups attached to an aromatic ring is 1. The number of nitrogens with two attached hydrogens (primary N) is 3. The summed E-state index contributed by atoms with van der Waals surface area (Å²) in [6.45, 7) is 0.0782. The number of anilines is 2. The fourth-order valence-corrected chi connectivity index (χ4v) is 2.80. The van der Waals surface area contributed by atoms with E-state index in [-0.39, 0.29) is 12.6 Å². The van der Waals surface area contributed by atoms with Crippen molar-refractivity contribution in [1.29, 1.82) is 0 Å². The third-order valence-corrected chi connectivity index (χ3v) is 3.69. The minimum atomic E-state index is -0.556. The monoisotopic (exact) mass is 276 g/mol. The number of carbonyl (C=O) groups excluding carboxylic acids is 2. The van der Waals surface area contributed by atoms with Gasteiger partial charge >= 0.3 is 0 Å². The van der Waals surface area contributed by atoms with Crippen LogP contribution in [0.2, 0.25) is 0 Å². The number of amides is 2. The lowest BCUT2D eigenvalue weighted by atomic mass is 10.1. The van der Waals surface area contributed by atoms with E-state index in [0.29, 0.717) is 16.9 Å². The molecule has 1 saturated carbocycles. The van der Waals surface area contributed by atoms with Crippen molar-refractivity contribution in [3.8, 4) is 0 Å². The minimum absolute atomic E-state index is 0.0782. The average Bonchev–Trinajstić information content (AvgIpc) is 2.89. The van der Waals surface area contributed by atoms with E-state index in [2.05, 4.69) is 0 Å². The summed E-state index contributed by atoms with van der Waals surface area (Å²) in [7, 11) is 0. The van der Waals surface area contributed by atoms with Gasteiger partial charge in [0.05, 0.1) is 17.8 Å². The summed E-state index contributed by atoms with van der Waals surface area (Å²) in [4.78, 5) is 24.8. The van der Waals surface area contributed by atoms with Crippen LogP contribution in [-0.4, -0.2) is 24.4 Å². The van der Waals surface area contributed by atoms with Crippen molar-refractivity contribution in [2.75, 3.05) is 17.2 Å². The van der Waals surface area contributed by atoms with E-state index in [1.54, 1.807) is 18.2 Å². The molecule has 6 nitrogen and oxygen atoms in total. The Morgan fingerprint density at radius 2 is 1.85 bits per heavy atom. The quantitative estimate of drug-likeness (QED) is 0.683. The van der Waals surface area contributed by atoms with Gasteiger partial charge in [0, 0.05) is 11.7 Å². The molecule has 1 aliphatic carbocycles. The van der Waals surface area contributed by atoms with Gasteiger partial charge < -0.3 is 22.1 Å². The lowest BCUT2D eigenvalue weighted by Crippen LogP contribution is -2.41. The van der Waals surface area contributed by atoms with E-state index in [4.69, 9.17) is 17.2 Å². The molecule has 0 atom stereocenters. The Kier molecular flexibility index (Phi) is 4.12.